The van der Waals surface area contributed by atoms with Gasteiger partial charge in [0.05, 0.1) is 5.69 Å². The average Bonchev–Trinajstić information content (AvgIpc) is 2.38. The number of para-hydroxylation sites is 1. The fourth-order valence-electron chi connectivity index (χ4n) is 1.58. The first-order valence-corrected chi connectivity index (χ1v) is 7.27. The lowest BCUT2D eigenvalue weighted by Crippen LogP contribution is -2.21. The van der Waals surface area contributed by atoms with E-state index in [0.29, 0.717) is 0 Å². The predicted molar refractivity (Wildman–Crippen MR) is 73.9 cm³/mol. The molecule has 0 aliphatic carbocycles. The number of rotatable bonds is 3. The number of halogens is 1. The molecular formula is C13H11FN2O4S. The highest BCUT2D eigenvalue weighted by atomic mass is 32.2. The average molecular weight is 310 g/mol. The first-order chi connectivity index (χ1) is 9.86. The molecule has 21 heavy (non-hydrogen) atoms. The zero-order valence-corrected chi connectivity index (χ0v) is 11.4. The fraction of sp³-hybridized carbons (Fsp3) is 0. The van der Waals surface area contributed by atoms with Crippen LogP contribution in [-0.2, 0) is 10.0 Å². The molecule has 110 valence electrons. The fourth-order valence-corrected chi connectivity index (χ4v) is 2.25. The third kappa shape index (κ3) is 4.01. The Morgan fingerprint density at radius 3 is 2.43 bits per heavy atom. The molecule has 0 fully saturated rings. The molecule has 0 radical (unpaired) electrons. The Bertz CT molecular complexity index is 763. The third-order valence-electron chi connectivity index (χ3n) is 2.44. The van der Waals surface area contributed by atoms with Gasteiger partial charge in [0.25, 0.3) is 0 Å². The number of anilines is 1. The molecule has 0 spiro atoms. The van der Waals surface area contributed by atoms with Gasteiger partial charge in [-0.05, 0) is 30.3 Å². The van der Waals surface area contributed by atoms with Gasteiger partial charge in [0.1, 0.15) is 16.5 Å². The molecule has 0 aromatic heterocycles. The van der Waals surface area contributed by atoms with Crippen LogP contribution in [0, 0.1) is 5.82 Å². The van der Waals surface area contributed by atoms with Gasteiger partial charge in [-0.25, -0.2) is 22.7 Å². The number of nitrogens with two attached hydrogens (primary N) is 1. The Morgan fingerprint density at radius 2 is 1.81 bits per heavy atom. The van der Waals surface area contributed by atoms with Crippen LogP contribution in [0.1, 0.15) is 0 Å². The van der Waals surface area contributed by atoms with E-state index in [1.165, 1.54) is 12.1 Å². The Labute approximate surface area is 120 Å². The minimum atomic E-state index is -4.11. The summed E-state index contributed by atoms with van der Waals surface area (Å²) < 4.78 is 40.8. The highest BCUT2D eigenvalue weighted by Crippen LogP contribution is 2.21. The number of hydrogen-bond donors (Lipinski definition) is 2. The lowest BCUT2D eigenvalue weighted by Gasteiger charge is -2.10. The van der Waals surface area contributed by atoms with Crippen molar-refractivity contribution < 1.29 is 22.3 Å². The molecule has 0 bridgehead atoms. The molecule has 0 heterocycles. The molecule has 3 N–H and O–H groups in total. The molecule has 0 aliphatic heterocycles. The second-order valence-corrected chi connectivity index (χ2v) is 5.54. The molecule has 0 saturated heterocycles. The van der Waals surface area contributed by atoms with E-state index in [9.17, 15) is 17.6 Å². The minimum absolute atomic E-state index is 0.253. The smallest absolute Gasteiger partial charge is 0.410 e. The quantitative estimate of drug-likeness (QED) is 0.906. The summed E-state index contributed by atoms with van der Waals surface area (Å²) in [5.74, 6) is -0.471. The first kappa shape index (κ1) is 14.9. The normalized spacial score (nSPS) is 11.0. The number of amides is 1. The van der Waals surface area contributed by atoms with Crippen molar-refractivity contribution in [2.24, 2.45) is 5.14 Å². The van der Waals surface area contributed by atoms with E-state index in [-0.39, 0.29) is 11.4 Å². The van der Waals surface area contributed by atoms with Crippen molar-refractivity contribution in [2.45, 2.75) is 4.90 Å². The molecule has 8 heteroatoms. The summed E-state index contributed by atoms with van der Waals surface area (Å²) in [6.45, 7) is 0. The Morgan fingerprint density at radius 1 is 1.14 bits per heavy atom. The number of carbonyl (C=O) groups is 1. The standard InChI is InChI=1S/C13H11FN2O4S/c14-9-6-7-12(21(15,18)19)11(8-9)16-13(17)20-10-4-2-1-3-5-10/h1-8H,(H,16,17)(H2,15,18,19). The molecule has 0 atom stereocenters. The Balaban J connectivity index is 2.23. The van der Waals surface area contributed by atoms with E-state index in [2.05, 4.69) is 5.32 Å². The van der Waals surface area contributed by atoms with Crippen molar-refractivity contribution in [2.75, 3.05) is 5.32 Å². The van der Waals surface area contributed by atoms with Crippen molar-refractivity contribution in [3.8, 4) is 5.75 Å². The number of carbonyl (C=O) groups excluding carboxylic acids is 1. The zero-order valence-electron chi connectivity index (χ0n) is 10.6. The van der Waals surface area contributed by atoms with Crippen LogP contribution < -0.4 is 15.2 Å². The van der Waals surface area contributed by atoms with Gasteiger partial charge in [-0.1, -0.05) is 18.2 Å². The zero-order chi connectivity index (χ0) is 15.5. The van der Waals surface area contributed by atoms with Crippen LogP contribution in [0.4, 0.5) is 14.9 Å². The first-order valence-electron chi connectivity index (χ1n) is 5.72. The number of benzene rings is 2. The van der Waals surface area contributed by atoms with Gasteiger partial charge >= 0.3 is 6.09 Å². The third-order valence-corrected chi connectivity index (χ3v) is 3.41. The number of sulfonamides is 1. The minimum Gasteiger partial charge on any atom is -0.410 e. The number of primary sulfonamides is 1. The van der Waals surface area contributed by atoms with Crippen molar-refractivity contribution in [3.63, 3.8) is 0 Å². The van der Waals surface area contributed by atoms with Gasteiger partial charge in [0.2, 0.25) is 10.0 Å². The van der Waals surface area contributed by atoms with Crippen LogP contribution in [0.15, 0.2) is 53.4 Å². The van der Waals surface area contributed by atoms with E-state index >= 15 is 0 Å². The maximum Gasteiger partial charge on any atom is 0.417 e. The Kier molecular flexibility index (Phi) is 4.20. The van der Waals surface area contributed by atoms with Gasteiger partial charge in [0, 0.05) is 0 Å². The second-order valence-electron chi connectivity index (χ2n) is 4.01. The van der Waals surface area contributed by atoms with Crippen LogP contribution in [-0.4, -0.2) is 14.5 Å². The molecule has 1 amide bonds. The van der Waals surface area contributed by atoms with Crippen molar-refractivity contribution in [1.82, 2.24) is 0 Å². The summed E-state index contributed by atoms with van der Waals surface area (Å²) in [6, 6.07) is 10.8. The maximum atomic E-state index is 13.2. The number of ether oxygens (including phenoxy) is 1. The van der Waals surface area contributed by atoms with Crippen LogP contribution in [0.25, 0.3) is 0 Å². The maximum absolute atomic E-state index is 13.2. The van der Waals surface area contributed by atoms with Gasteiger partial charge in [-0.15, -0.1) is 0 Å². The lowest BCUT2D eigenvalue weighted by molar-refractivity contribution is 0.215. The molecular weight excluding hydrogens is 299 g/mol. The topological polar surface area (TPSA) is 98.5 Å². The van der Waals surface area contributed by atoms with Crippen LogP contribution in [0.5, 0.6) is 5.75 Å². The summed E-state index contributed by atoms with van der Waals surface area (Å²) in [6.07, 6.45) is -0.961. The van der Waals surface area contributed by atoms with Crippen LogP contribution >= 0.6 is 0 Å². The summed E-state index contributed by atoms with van der Waals surface area (Å²) in [5.41, 5.74) is -0.293. The molecule has 0 aliphatic rings. The van der Waals surface area contributed by atoms with Crippen molar-refractivity contribution in [1.29, 1.82) is 0 Å². The summed E-state index contributed by atoms with van der Waals surface area (Å²) in [7, 11) is -4.11. The largest absolute Gasteiger partial charge is 0.417 e. The van der Waals surface area contributed by atoms with E-state index in [4.69, 9.17) is 9.88 Å². The van der Waals surface area contributed by atoms with Crippen LogP contribution in [0.2, 0.25) is 0 Å². The summed E-state index contributed by atoms with van der Waals surface area (Å²) in [5, 5.41) is 7.14. The second kappa shape index (κ2) is 5.90. The van der Waals surface area contributed by atoms with Gasteiger partial charge in [-0.2, -0.15) is 0 Å². The Hall–Kier alpha value is -2.45. The molecule has 0 unspecified atom stereocenters. The number of nitrogens with one attached hydrogen (secondary N) is 1. The van der Waals surface area contributed by atoms with Gasteiger partial charge in [-0.3, -0.25) is 5.32 Å². The molecule has 2 rings (SSSR count). The van der Waals surface area contributed by atoms with Crippen molar-refractivity contribution >= 4 is 21.8 Å². The van der Waals surface area contributed by atoms with E-state index in [0.717, 1.165) is 18.2 Å². The number of hydrogen-bond acceptors (Lipinski definition) is 4. The predicted octanol–water partition coefficient (Wildman–Crippen LogP) is 2.08. The van der Waals surface area contributed by atoms with Crippen molar-refractivity contribution in [3.05, 3.63) is 54.3 Å². The molecule has 2 aromatic rings. The molecule has 6 nitrogen and oxygen atoms in total. The van der Waals surface area contributed by atoms with E-state index in [1.54, 1.807) is 18.2 Å². The summed E-state index contributed by atoms with van der Waals surface area (Å²) in [4.78, 5) is 11.3. The highest BCUT2D eigenvalue weighted by molar-refractivity contribution is 7.89. The lowest BCUT2D eigenvalue weighted by atomic mass is 10.3. The van der Waals surface area contributed by atoms with Gasteiger partial charge in [0.15, 0.2) is 0 Å². The van der Waals surface area contributed by atoms with E-state index < -0.39 is 26.8 Å². The monoisotopic (exact) mass is 310 g/mol. The highest BCUT2D eigenvalue weighted by Gasteiger charge is 2.17. The summed E-state index contributed by atoms with van der Waals surface area (Å²) >= 11 is 0. The van der Waals surface area contributed by atoms with E-state index in [1.807, 2.05) is 0 Å². The van der Waals surface area contributed by atoms with Crippen LogP contribution in [0.3, 0.4) is 0 Å². The SMILES string of the molecule is NS(=O)(=O)c1ccc(F)cc1NC(=O)Oc1ccccc1. The van der Waals surface area contributed by atoms with Gasteiger partial charge < -0.3 is 4.74 Å². The molecule has 0 saturated carbocycles. The molecule has 2 aromatic carbocycles.